The van der Waals surface area contributed by atoms with Crippen LogP contribution in [0.25, 0.3) is 0 Å². The summed E-state index contributed by atoms with van der Waals surface area (Å²) in [6, 6.07) is 21.7. The van der Waals surface area contributed by atoms with Gasteiger partial charge in [0.2, 0.25) is 5.91 Å². The van der Waals surface area contributed by atoms with Gasteiger partial charge in [0.05, 0.1) is 24.2 Å². The second kappa shape index (κ2) is 18.4. The molecule has 2 amide bonds. The maximum Gasteiger partial charge on any atom is 0.416 e. The van der Waals surface area contributed by atoms with Crippen LogP contribution in [0.3, 0.4) is 0 Å². The number of amides is 2. The van der Waals surface area contributed by atoms with Crippen LogP contribution in [0.4, 0.5) is 18.9 Å². The predicted molar refractivity (Wildman–Crippen MR) is 185 cm³/mol. The maximum absolute atomic E-state index is 12.8. The fraction of sp³-hybridized carbons (Fsp3) is 0.282. The summed E-state index contributed by atoms with van der Waals surface area (Å²) in [5.74, 6) is -2.01. The molecule has 4 aromatic rings. The predicted octanol–water partition coefficient (Wildman–Crippen LogP) is 7.88. The molecule has 268 valence electrons. The van der Waals surface area contributed by atoms with Crippen molar-refractivity contribution in [3.8, 4) is 11.5 Å². The highest BCUT2D eigenvalue weighted by Crippen LogP contribution is 2.29. The molecule has 0 aliphatic rings. The Morgan fingerprint density at radius 2 is 1.31 bits per heavy atom. The number of rotatable bonds is 17. The summed E-state index contributed by atoms with van der Waals surface area (Å²) in [7, 11) is 0. The largest absolute Gasteiger partial charge is 0.494 e. The number of carbonyl (C=O) groups is 4. The minimum Gasteiger partial charge on any atom is -0.494 e. The summed E-state index contributed by atoms with van der Waals surface area (Å²) in [5.41, 5.74) is 0.984. The number of alkyl halides is 3. The second-order valence-corrected chi connectivity index (χ2v) is 11.9. The number of hydrogen-bond donors (Lipinski definition) is 3. The van der Waals surface area contributed by atoms with Gasteiger partial charge in [-0.25, -0.2) is 9.59 Å². The molecule has 1 unspecified atom stereocenters. The van der Waals surface area contributed by atoms with Gasteiger partial charge in [0.1, 0.15) is 17.5 Å². The third kappa shape index (κ3) is 12.3. The zero-order valence-electron chi connectivity index (χ0n) is 28.0. The number of carbonyl (C=O) groups excluding carboxylic acids is 3. The van der Waals surface area contributed by atoms with E-state index < -0.39 is 41.5 Å². The summed E-state index contributed by atoms with van der Waals surface area (Å²) >= 11 is 0. The van der Waals surface area contributed by atoms with Crippen molar-refractivity contribution in [2.24, 2.45) is 0 Å². The van der Waals surface area contributed by atoms with Crippen LogP contribution in [-0.2, 0) is 28.6 Å². The van der Waals surface area contributed by atoms with Gasteiger partial charge in [0.25, 0.3) is 5.91 Å². The lowest BCUT2D eigenvalue weighted by Crippen LogP contribution is -2.42. The molecule has 0 aromatic heterocycles. The maximum atomic E-state index is 12.8. The highest BCUT2D eigenvalue weighted by atomic mass is 19.4. The van der Waals surface area contributed by atoms with Gasteiger partial charge < -0.3 is 25.2 Å². The van der Waals surface area contributed by atoms with Crippen molar-refractivity contribution in [2.45, 2.75) is 64.1 Å². The van der Waals surface area contributed by atoms with E-state index in [1.807, 2.05) is 0 Å². The molecule has 12 heteroatoms. The molecule has 51 heavy (non-hydrogen) atoms. The number of hydrogen-bond acceptors (Lipinski definition) is 6. The number of halogens is 3. The summed E-state index contributed by atoms with van der Waals surface area (Å²) in [6.45, 7) is 2.78. The van der Waals surface area contributed by atoms with E-state index in [-0.39, 0.29) is 24.2 Å². The Morgan fingerprint density at radius 3 is 1.92 bits per heavy atom. The molecule has 0 spiro atoms. The van der Waals surface area contributed by atoms with E-state index in [1.54, 1.807) is 36.4 Å². The van der Waals surface area contributed by atoms with Gasteiger partial charge in [-0.15, -0.1) is 0 Å². The number of unbranched alkanes of at least 4 members (excludes halogenated alkanes) is 4. The summed E-state index contributed by atoms with van der Waals surface area (Å²) in [4.78, 5) is 49.8. The van der Waals surface area contributed by atoms with Crippen LogP contribution in [0.1, 0.15) is 76.4 Å². The number of carboxylic acids is 1. The average molecular weight is 705 g/mol. The minimum atomic E-state index is -4.47. The van der Waals surface area contributed by atoms with Crippen molar-refractivity contribution >= 4 is 29.4 Å². The Labute approximate surface area is 293 Å². The van der Waals surface area contributed by atoms with Gasteiger partial charge in [-0.05, 0) is 90.3 Å². The number of anilines is 1. The third-order valence-corrected chi connectivity index (χ3v) is 7.86. The number of carboxylic acid groups (broad SMARTS) is 1. The first-order chi connectivity index (χ1) is 24.4. The first-order valence-electron chi connectivity index (χ1n) is 16.5. The lowest BCUT2D eigenvalue weighted by molar-refractivity contribution is -0.139. The standard InChI is InChI=1S/C39H39F3N2O7/c1-2-3-4-5-6-23-50-32-21-13-29(14-22-32)38(49)51-33-19-9-26(10-20-33)24-34(37(47)48)44-36(46)28-11-17-31(18-12-28)43-35(45)25-27-7-15-30(16-8-27)39(40,41)42/h7-22,34H,2-6,23-25H2,1H3,(H,43,45)(H,44,46)(H,47,48). The number of nitrogens with one attached hydrogen (secondary N) is 2. The third-order valence-electron chi connectivity index (χ3n) is 7.86. The van der Waals surface area contributed by atoms with E-state index >= 15 is 0 Å². The lowest BCUT2D eigenvalue weighted by Gasteiger charge is -2.15. The Morgan fingerprint density at radius 1 is 0.725 bits per heavy atom. The Bertz CT molecular complexity index is 1760. The number of esters is 1. The van der Waals surface area contributed by atoms with Crippen molar-refractivity contribution in [3.63, 3.8) is 0 Å². The van der Waals surface area contributed by atoms with Crippen LogP contribution in [0.15, 0.2) is 97.1 Å². The molecule has 0 saturated carbocycles. The molecule has 0 saturated heterocycles. The van der Waals surface area contributed by atoms with E-state index in [1.165, 1.54) is 67.8 Å². The fourth-order valence-electron chi connectivity index (χ4n) is 5.03. The van der Waals surface area contributed by atoms with E-state index in [0.29, 0.717) is 34.7 Å². The van der Waals surface area contributed by atoms with Crippen LogP contribution >= 0.6 is 0 Å². The van der Waals surface area contributed by atoms with E-state index in [2.05, 4.69) is 17.6 Å². The number of benzene rings is 4. The van der Waals surface area contributed by atoms with E-state index in [9.17, 15) is 37.5 Å². The highest BCUT2D eigenvalue weighted by molar-refractivity contribution is 5.98. The Hall–Kier alpha value is -5.65. The molecule has 4 rings (SSSR count). The van der Waals surface area contributed by atoms with Crippen LogP contribution in [0.2, 0.25) is 0 Å². The van der Waals surface area contributed by atoms with E-state index in [0.717, 1.165) is 25.0 Å². The fourth-order valence-corrected chi connectivity index (χ4v) is 5.03. The monoisotopic (exact) mass is 704 g/mol. The van der Waals surface area contributed by atoms with Crippen molar-refractivity contribution in [1.29, 1.82) is 0 Å². The first-order valence-corrected chi connectivity index (χ1v) is 16.5. The number of ether oxygens (including phenoxy) is 2. The summed E-state index contributed by atoms with van der Waals surface area (Å²) in [6.07, 6.45) is 0.995. The average Bonchev–Trinajstić information content (AvgIpc) is 3.10. The molecular formula is C39H39F3N2O7. The lowest BCUT2D eigenvalue weighted by atomic mass is 10.0. The van der Waals surface area contributed by atoms with Gasteiger partial charge in [0.15, 0.2) is 0 Å². The molecule has 3 N–H and O–H groups in total. The van der Waals surface area contributed by atoms with Crippen LogP contribution in [-0.4, -0.2) is 41.5 Å². The Kier molecular flexibility index (Phi) is 13.7. The van der Waals surface area contributed by atoms with Gasteiger partial charge in [0, 0.05) is 17.7 Å². The molecule has 0 heterocycles. The topological polar surface area (TPSA) is 131 Å². The van der Waals surface area contributed by atoms with E-state index in [4.69, 9.17) is 9.47 Å². The smallest absolute Gasteiger partial charge is 0.416 e. The Balaban J connectivity index is 1.24. The number of aliphatic carboxylic acids is 1. The van der Waals surface area contributed by atoms with Crippen LogP contribution in [0.5, 0.6) is 11.5 Å². The molecule has 0 radical (unpaired) electrons. The molecule has 0 aliphatic heterocycles. The van der Waals surface area contributed by atoms with Crippen molar-refractivity contribution in [2.75, 3.05) is 11.9 Å². The van der Waals surface area contributed by atoms with Crippen molar-refractivity contribution < 1.29 is 46.9 Å². The molecule has 9 nitrogen and oxygen atoms in total. The summed E-state index contributed by atoms with van der Waals surface area (Å²) in [5, 5.41) is 14.9. The molecule has 0 fully saturated rings. The van der Waals surface area contributed by atoms with Gasteiger partial charge in [-0.1, -0.05) is 56.9 Å². The van der Waals surface area contributed by atoms with Crippen LogP contribution < -0.4 is 20.1 Å². The van der Waals surface area contributed by atoms with Gasteiger partial charge in [-0.3, -0.25) is 9.59 Å². The zero-order valence-corrected chi connectivity index (χ0v) is 28.0. The zero-order chi connectivity index (χ0) is 36.8. The molecule has 0 bridgehead atoms. The summed E-state index contributed by atoms with van der Waals surface area (Å²) < 4.78 is 49.5. The van der Waals surface area contributed by atoms with Crippen molar-refractivity contribution in [1.82, 2.24) is 5.32 Å². The molecule has 0 aliphatic carbocycles. The second-order valence-electron chi connectivity index (χ2n) is 11.9. The highest BCUT2D eigenvalue weighted by Gasteiger charge is 2.30. The molecule has 1 atom stereocenters. The quantitative estimate of drug-likeness (QED) is 0.0579. The molecular weight excluding hydrogens is 665 g/mol. The van der Waals surface area contributed by atoms with Crippen molar-refractivity contribution in [3.05, 3.63) is 125 Å². The molecule has 4 aromatic carbocycles. The van der Waals surface area contributed by atoms with Gasteiger partial charge >= 0.3 is 18.1 Å². The normalized spacial score (nSPS) is 11.7. The minimum absolute atomic E-state index is 0.0482. The van der Waals surface area contributed by atoms with Crippen LogP contribution in [0, 0.1) is 0 Å². The van der Waals surface area contributed by atoms with Gasteiger partial charge in [-0.2, -0.15) is 13.2 Å². The SMILES string of the molecule is CCCCCCCOc1ccc(C(=O)Oc2ccc(CC(NC(=O)c3ccc(NC(=O)Cc4ccc(C(F)(F)F)cc4)cc3)C(=O)O)cc2)cc1. The first kappa shape index (κ1) is 38.2.